The van der Waals surface area contributed by atoms with Gasteiger partial charge in [0.25, 0.3) is 0 Å². The Labute approximate surface area is 180 Å². The van der Waals surface area contributed by atoms with Gasteiger partial charge in [0, 0.05) is 33.1 Å². The lowest BCUT2D eigenvalue weighted by molar-refractivity contribution is -0.126. The lowest BCUT2D eigenvalue weighted by Crippen LogP contribution is -2.46. The lowest BCUT2D eigenvalue weighted by Gasteiger charge is -2.33. The van der Waals surface area contributed by atoms with E-state index in [0.717, 1.165) is 29.9 Å². The van der Waals surface area contributed by atoms with Crippen molar-refractivity contribution in [3.05, 3.63) is 23.8 Å². The van der Waals surface area contributed by atoms with Gasteiger partial charge in [-0.15, -0.1) is 0 Å². The Bertz CT molecular complexity index is 700. The largest absolute Gasteiger partial charge is 0.490 e. The average Bonchev–Trinajstić information content (AvgIpc) is 2.75. The van der Waals surface area contributed by atoms with E-state index in [4.69, 9.17) is 9.47 Å². The van der Waals surface area contributed by atoms with Gasteiger partial charge in [-0.05, 0) is 50.3 Å². The van der Waals surface area contributed by atoms with Crippen LogP contribution in [0.1, 0.15) is 58.1 Å². The van der Waals surface area contributed by atoms with Gasteiger partial charge in [-0.3, -0.25) is 4.79 Å². The van der Waals surface area contributed by atoms with Crippen molar-refractivity contribution in [1.29, 1.82) is 0 Å². The maximum Gasteiger partial charge on any atom is 0.319 e. The second-order valence-corrected chi connectivity index (χ2v) is 8.07. The molecule has 0 bridgehead atoms. The first-order valence-electron chi connectivity index (χ1n) is 11.0. The van der Waals surface area contributed by atoms with Crippen molar-refractivity contribution in [2.75, 3.05) is 40.4 Å². The van der Waals surface area contributed by atoms with Crippen LogP contribution < -0.4 is 14.8 Å². The van der Waals surface area contributed by atoms with Gasteiger partial charge in [-0.25, -0.2) is 4.79 Å². The summed E-state index contributed by atoms with van der Waals surface area (Å²) < 4.78 is 11.7. The van der Waals surface area contributed by atoms with Gasteiger partial charge in [-0.1, -0.05) is 19.9 Å². The number of likely N-dealkylation sites (tertiary alicyclic amines) is 1. The fraction of sp³-hybridized carbons (Fsp3) is 0.652. The number of nitrogens with zero attached hydrogens (tertiary/aromatic N) is 2. The van der Waals surface area contributed by atoms with Crippen molar-refractivity contribution in [2.24, 2.45) is 5.92 Å². The summed E-state index contributed by atoms with van der Waals surface area (Å²) in [6.45, 7) is 8.61. The monoisotopic (exact) mass is 419 g/mol. The predicted molar refractivity (Wildman–Crippen MR) is 118 cm³/mol. The van der Waals surface area contributed by atoms with Crippen LogP contribution in [0.3, 0.4) is 0 Å². The maximum atomic E-state index is 12.8. The minimum Gasteiger partial charge on any atom is -0.490 e. The molecule has 0 radical (unpaired) electrons. The van der Waals surface area contributed by atoms with Crippen molar-refractivity contribution in [3.8, 4) is 11.5 Å². The molecule has 0 spiro atoms. The van der Waals surface area contributed by atoms with Crippen molar-refractivity contribution in [1.82, 2.24) is 15.1 Å². The molecular weight excluding hydrogens is 382 g/mol. The van der Waals surface area contributed by atoms with E-state index in [2.05, 4.69) is 19.2 Å². The summed E-state index contributed by atoms with van der Waals surface area (Å²) in [5.41, 5.74) is 0.985. The number of ether oxygens (including phenoxy) is 2. The third-order valence-electron chi connectivity index (χ3n) is 5.27. The molecular formula is C23H37N3O4. The minimum absolute atomic E-state index is 0.00668. The van der Waals surface area contributed by atoms with Crippen molar-refractivity contribution >= 4 is 11.9 Å². The second-order valence-electron chi connectivity index (χ2n) is 8.07. The van der Waals surface area contributed by atoms with Gasteiger partial charge in [0.1, 0.15) is 0 Å². The summed E-state index contributed by atoms with van der Waals surface area (Å²) in [6.07, 6.45) is 3.22. The molecule has 1 saturated heterocycles. The number of benzene rings is 1. The van der Waals surface area contributed by atoms with E-state index in [1.807, 2.05) is 25.1 Å². The fourth-order valence-electron chi connectivity index (χ4n) is 3.48. The van der Waals surface area contributed by atoms with E-state index >= 15 is 0 Å². The summed E-state index contributed by atoms with van der Waals surface area (Å²) in [5, 5.41) is 3.13. The molecule has 7 heteroatoms. The number of amides is 3. The molecule has 168 valence electrons. The normalized spacial score (nSPS) is 15.4. The first-order valence-corrected chi connectivity index (χ1v) is 11.0. The zero-order valence-corrected chi connectivity index (χ0v) is 19.1. The Kier molecular flexibility index (Phi) is 9.27. The topological polar surface area (TPSA) is 71.1 Å². The number of carbonyl (C=O) groups is 2. The van der Waals surface area contributed by atoms with Gasteiger partial charge < -0.3 is 24.6 Å². The van der Waals surface area contributed by atoms with E-state index in [0.29, 0.717) is 39.1 Å². The van der Waals surface area contributed by atoms with Crippen molar-refractivity contribution in [3.63, 3.8) is 0 Å². The van der Waals surface area contributed by atoms with Crippen LogP contribution in [0.4, 0.5) is 4.79 Å². The van der Waals surface area contributed by atoms with Crippen LogP contribution in [-0.4, -0.2) is 62.1 Å². The molecule has 0 aromatic heterocycles. The Balaban J connectivity index is 1.97. The number of hydrogen-bond acceptors (Lipinski definition) is 4. The number of carbonyl (C=O) groups excluding carboxylic acids is 2. The third-order valence-corrected chi connectivity index (χ3v) is 5.27. The minimum atomic E-state index is -0.136. The molecule has 0 aliphatic carbocycles. The Morgan fingerprint density at radius 1 is 1.10 bits per heavy atom. The summed E-state index contributed by atoms with van der Waals surface area (Å²) in [6, 6.07) is 5.73. The van der Waals surface area contributed by atoms with E-state index in [1.165, 1.54) is 0 Å². The molecule has 2 rings (SSSR count). The molecule has 7 nitrogen and oxygen atoms in total. The Morgan fingerprint density at radius 2 is 1.70 bits per heavy atom. The number of piperidine rings is 1. The highest BCUT2D eigenvalue weighted by atomic mass is 16.5. The highest BCUT2D eigenvalue weighted by Crippen LogP contribution is 2.31. The number of urea groups is 1. The van der Waals surface area contributed by atoms with Gasteiger partial charge in [0.2, 0.25) is 5.91 Å². The van der Waals surface area contributed by atoms with Crippen LogP contribution in [-0.2, 0) is 4.79 Å². The molecule has 1 N–H and O–H groups in total. The lowest BCUT2D eigenvalue weighted by atomic mass is 9.95. The third kappa shape index (κ3) is 6.54. The molecule has 1 aromatic carbocycles. The molecule has 1 aromatic rings. The van der Waals surface area contributed by atoms with Crippen LogP contribution in [0.5, 0.6) is 11.5 Å². The summed E-state index contributed by atoms with van der Waals surface area (Å²) >= 11 is 0. The average molecular weight is 420 g/mol. The van der Waals surface area contributed by atoms with Gasteiger partial charge in [0.15, 0.2) is 11.5 Å². The summed E-state index contributed by atoms with van der Waals surface area (Å²) in [5.74, 6) is 1.44. The van der Waals surface area contributed by atoms with E-state index < -0.39 is 0 Å². The second kappa shape index (κ2) is 11.7. The first kappa shape index (κ1) is 23.8. The molecule has 3 amide bonds. The zero-order chi connectivity index (χ0) is 22.1. The maximum absolute atomic E-state index is 12.8. The smallest absolute Gasteiger partial charge is 0.319 e. The predicted octanol–water partition coefficient (Wildman–Crippen LogP) is 3.84. The Morgan fingerprint density at radius 3 is 2.27 bits per heavy atom. The van der Waals surface area contributed by atoms with Crippen LogP contribution in [0.2, 0.25) is 0 Å². The summed E-state index contributed by atoms with van der Waals surface area (Å²) in [4.78, 5) is 28.2. The van der Waals surface area contributed by atoms with E-state index in [9.17, 15) is 9.59 Å². The van der Waals surface area contributed by atoms with E-state index in [-0.39, 0.29) is 23.9 Å². The van der Waals surface area contributed by atoms with Crippen LogP contribution in [0, 0.1) is 5.92 Å². The molecule has 1 fully saturated rings. The van der Waals surface area contributed by atoms with E-state index in [1.54, 1.807) is 23.9 Å². The molecule has 1 aliphatic heterocycles. The fourth-order valence-corrected chi connectivity index (χ4v) is 3.48. The van der Waals surface area contributed by atoms with Gasteiger partial charge in [-0.2, -0.15) is 0 Å². The van der Waals surface area contributed by atoms with Crippen LogP contribution >= 0.6 is 0 Å². The quantitative estimate of drug-likeness (QED) is 0.660. The zero-order valence-electron chi connectivity index (χ0n) is 19.1. The molecule has 1 atom stereocenters. The summed E-state index contributed by atoms with van der Waals surface area (Å²) in [7, 11) is 3.50. The highest BCUT2D eigenvalue weighted by molar-refractivity contribution is 5.80. The number of hydrogen-bond donors (Lipinski definition) is 1. The molecule has 30 heavy (non-hydrogen) atoms. The molecule has 1 unspecified atom stereocenters. The highest BCUT2D eigenvalue weighted by Gasteiger charge is 2.28. The molecule has 0 saturated carbocycles. The van der Waals surface area contributed by atoms with Crippen LogP contribution in [0.15, 0.2) is 18.2 Å². The number of rotatable bonds is 9. The Hall–Kier alpha value is -2.44. The standard InChI is InChI=1S/C23H37N3O4/c1-6-14-29-20-9-8-19(16-21(20)30-15-7-2)17(3)24-22(27)18-10-12-26(13-11-18)23(28)25(4)5/h8-9,16-18H,6-7,10-15H2,1-5H3,(H,24,27). The van der Waals surface area contributed by atoms with Crippen molar-refractivity contribution < 1.29 is 19.1 Å². The van der Waals surface area contributed by atoms with Crippen molar-refractivity contribution in [2.45, 2.75) is 52.5 Å². The molecule has 1 aliphatic rings. The van der Waals surface area contributed by atoms with Gasteiger partial charge >= 0.3 is 6.03 Å². The molecule has 1 heterocycles. The number of nitrogens with one attached hydrogen (secondary N) is 1. The first-order chi connectivity index (χ1) is 14.4. The SMILES string of the molecule is CCCOc1ccc(C(C)NC(=O)C2CCN(C(=O)N(C)C)CC2)cc1OCCC. The van der Waals surface area contributed by atoms with Crippen LogP contribution in [0.25, 0.3) is 0 Å². The van der Waals surface area contributed by atoms with Gasteiger partial charge in [0.05, 0.1) is 19.3 Å².